The zero-order chi connectivity index (χ0) is 23.8. The molecule has 3 amide bonds. The minimum absolute atomic E-state index is 0.0583. The zero-order valence-corrected chi connectivity index (χ0v) is 17.0. The molecule has 0 aliphatic carbocycles. The molecule has 13 heteroatoms. The molecule has 172 valence electrons. The van der Waals surface area contributed by atoms with E-state index in [1.807, 2.05) is 0 Å². The number of pyridine rings is 1. The maximum atomic E-state index is 14.7. The molecule has 1 saturated heterocycles. The van der Waals surface area contributed by atoms with Crippen molar-refractivity contribution in [3.8, 4) is 0 Å². The third-order valence-electron chi connectivity index (χ3n) is 4.84. The van der Waals surface area contributed by atoms with Crippen molar-refractivity contribution < 1.29 is 35.9 Å². The predicted molar refractivity (Wildman–Crippen MR) is 100 cm³/mol. The number of nitrogens with zero attached hydrogens (tertiary/aromatic N) is 2. The standard InChI is InChI=1S/C19H15ClF6N4O2/c1-8-17(31)27-6-7-30(8)18(32)29-15(9-2-3-10(21)13(20)14(9)23)12-5-4-11(22)16(28-12)19(24,25)26/h2-5,8,15H,6-7H2,1H3,(H,27,31)(H,29,32)/t8-,15+/m1/s1. The summed E-state index contributed by atoms with van der Waals surface area (Å²) < 4.78 is 81.5. The van der Waals surface area contributed by atoms with Crippen LogP contribution in [-0.2, 0) is 11.0 Å². The number of urea groups is 1. The van der Waals surface area contributed by atoms with Crippen LogP contribution in [0.5, 0.6) is 0 Å². The van der Waals surface area contributed by atoms with E-state index in [1.54, 1.807) is 0 Å². The highest BCUT2D eigenvalue weighted by Gasteiger charge is 2.38. The molecule has 2 heterocycles. The van der Waals surface area contributed by atoms with Crippen molar-refractivity contribution in [3.63, 3.8) is 0 Å². The van der Waals surface area contributed by atoms with Crippen molar-refractivity contribution in [2.24, 2.45) is 0 Å². The summed E-state index contributed by atoms with van der Waals surface area (Å²) in [5.41, 5.74) is -2.97. The number of carbonyl (C=O) groups is 2. The number of hydrogen-bond donors (Lipinski definition) is 2. The highest BCUT2D eigenvalue weighted by molar-refractivity contribution is 6.31. The topological polar surface area (TPSA) is 74.3 Å². The summed E-state index contributed by atoms with van der Waals surface area (Å²) in [5, 5.41) is 3.86. The zero-order valence-electron chi connectivity index (χ0n) is 16.2. The Hall–Kier alpha value is -3.02. The molecule has 3 rings (SSSR count). The molecule has 0 bridgehead atoms. The van der Waals surface area contributed by atoms with Crippen LogP contribution in [-0.4, -0.2) is 41.0 Å². The number of amides is 3. The molecule has 0 radical (unpaired) electrons. The lowest BCUT2D eigenvalue weighted by molar-refractivity contribution is -0.143. The lowest BCUT2D eigenvalue weighted by atomic mass is 10.0. The van der Waals surface area contributed by atoms with Gasteiger partial charge in [-0.15, -0.1) is 0 Å². The summed E-state index contributed by atoms with van der Waals surface area (Å²) in [6.45, 7) is 1.59. The SMILES string of the molecule is C[C@@H]1C(=O)NCCN1C(=O)N[C@H](c1ccc(F)c(C(F)(F)F)n1)c1ccc(F)c(Cl)c1F. The molecular formula is C19H15ClF6N4O2. The summed E-state index contributed by atoms with van der Waals surface area (Å²) >= 11 is 5.58. The number of aromatic nitrogens is 1. The largest absolute Gasteiger partial charge is 0.436 e. The Morgan fingerprint density at radius 3 is 2.53 bits per heavy atom. The van der Waals surface area contributed by atoms with Gasteiger partial charge in [-0.2, -0.15) is 13.2 Å². The average molecular weight is 481 g/mol. The van der Waals surface area contributed by atoms with Gasteiger partial charge in [0, 0.05) is 18.7 Å². The second-order valence-electron chi connectivity index (χ2n) is 6.87. The summed E-state index contributed by atoms with van der Waals surface area (Å²) in [6, 6.07) is -0.672. The predicted octanol–water partition coefficient (Wildman–Crippen LogP) is 3.79. The van der Waals surface area contributed by atoms with E-state index < -0.39 is 69.6 Å². The normalized spacial score (nSPS) is 17.7. The van der Waals surface area contributed by atoms with Gasteiger partial charge in [0.2, 0.25) is 5.91 Å². The van der Waals surface area contributed by atoms with Crippen LogP contribution in [0.15, 0.2) is 24.3 Å². The van der Waals surface area contributed by atoms with Gasteiger partial charge < -0.3 is 15.5 Å². The smallest absolute Gasteiger partial charge is 0.353 e. The highest BCUT2D eigenvalue weighted by atomic mass is 35.5. The first-order chi connectivity index (χ1) is 14.9. The summed E-state index contributed by atoms with van der Waals surface area (Å²) in [6.07, 6.45) is -5.17. The Morgan fingerprint density at radius 2 is 1.88 bits per heavy atom. The van der Waals surface area contributed by atoms with E-state index in [0.29, 0.717) is 6.07 Å². The molecule has 32 heavy (non-hydrogen) atoms. The number of benzene rings is 1. The van der Waals surface area contributed by atoms with Crippen molar-refractivity contribution in [2.45, 2.75) is 25.2 Å². The maximum absolute atomic E-state index is 14.7. The number of rotatable bonds is 3. The molecule has 0 unspecified atom stereocenters. The third kappa shape index (κ3) is 4.59. The number of hydrogen-bond acceptors (Lipinski definition) is 3. The van der Waals surface area contributed by atoms with Gasteiger partial charge in [0.05, 0.1) is 5.69 Å². The molecule has 1 aliphatic heterocycles. The van der Waals surface area contributed by atoms with Crippen molar-refractivity contribution >= 4 is 23.5 Å². The Morgan fingerprint density at radius 1 is 1.22 bits per heavy atom. The number of alkyl halides is 3. The number of piperazine rings is 1. The molecule has 1 aliphatic rings. The first kappa shape index (κ1) is 23.6. The molecule has 1 aromatic heterocycles. The van der Waals surface area contributed by atoms with Crippen molar-refractivity contribution in [2.75, 3.05) is 13.1 Å². The number of nitrogens with one attached hydrogen (secondary N) is 2. The van der Waals surface area contributed by atoms with Crippen LogP contribution < -0.4 is 10.6 Å². The van der Waals surface area contributed by atoms with Gasteiger partial charge >= 0.3 is 12.2 Å². The van der Waals surface area contributed by atoms with Crippen LogP contribution in [0.1, 0.15) is 29.9 Å². The summed E-state index contributed by atoms with van der Waals surface area (Å²) in [4.78, 5) is 28.9. The first-order valence-electron chi connectivity index (χ1n) is 9.13. The van der Waals surface area contributed by atoms with Gasteiger partial charge in [0.1, 0.15) is 28.7 Å². The van der Waals surface area contributed by atoms with Gasteiger partial charge in [0.15, 0.2) is 11.5 Å². The second kappa shape index (κ2) is 8.85. The van der Waals surface area contributed by atoms with E-state index in [2.05, 4.69) is 15.6 Å². The molecule has 2 N–H and O–H groups in total. The summed E-state index contributed by atoms with van der Waals surface area (Å²) in [5.74, 6) is -4.63. The minimum Gasteiger partial charge on any atom is -0.353 e. The van der Waals surface area contributed by atoms with E-state index in [-0.39, 0.29) is 13.1 Å². The lowest BCUT2D eigenvalue weighted by Crippen LogP contribution is -2.58. The fraction of sp³-hybridized carbons (Fsp3) is 0.316. The van der Waals surface area contributed by atoms with Crippen LogP contribution >= 0.6 is 11.6 Å². The quantitative estimate of drug-likeness (QED) is 0.518. The first-order valence-corrected chi connectivity index (χ1v) is 9.51. The van der Waals surface area contributed by atoms with Crippen LogP contribution in [0.2, 0.25) is 5.02 Å². The minimum atomic E-state index is -5.17. The third-order valence-corrected chi connectivity index (χ3v) is 5.18. The van der Waals surface area contributed by atoms with E-state index in [1.165, 1.54) is 6.92 Å². The number of carbonyl (C=O) groups excluding carboxylic acids is 2. The van der Waals surface area contributed by atoms with Gasteiger partial charge in [0.25, 0.3) is 0 Å². The molecule has 2 atom stereocenters. The fourth-order valence-electron chi connectivity index (χ4n) is 3.16. The van der Waals surface area contributed by atoms with Crippen molar-refractivity contribution in [3.05, 3.63) is 63.7 Å². The molecular weight excluding hydrogens is 466 g/mol. The maximum Gasteiger partial charge on any atom is 0.436 e. The monoisotopic (exact) mass is 480 g/mol. The molecule has 0 saturated carbocycles. The van der Waals surface area contributed by atoms with E-state index in [4.69, 9.17) is 11.6 Å². The van der Waals surface area contributed by atoms with Crippen LogP contribution in [0, 0.1) is 17.5 Å². The van der Waals surface area contributed by atoms with Gasteiger partial charge in [-0.05, 0) is 25.1 Å². The van der Waals surface area contributed by atoms with Gasteiger partial charge in [-0.1, -0.05) is 17.7 Å². The Labute approximate surface area is 182 Å². The Balaban J connectivity index is 2.08. The molecule has 6 nitrogen and oxygen atoms in total. The summed E-state index contributed by atoms with van der Waals surface area (Å²) in [7, 11) is 0. The van der Waals surface area contributed by atoms with Crippen molar-refractivity contribution in [1.29, 1.82) is 0 Å². The average Bonchev–Trinajstić information content (AvgIpc) is 2.72. The molecule has 0 spiro atoms. The van der Waals surface area contributed by atoms with Crippen molar-refractivity contribution in [1.82, 2.24) is 20.5 Å². The molecule has 1 aromatic carbocycles. The molecule has 1 fully saturated rings. The molecule has 2 aromatic rings. The van der Waals surface area contributed by atoms with E-state index >= 15 is 0 Å². The lowest BCUT2D eigenvalue weighted by Gasteiger charge is -2.34. The highest BCUT2D eigenvalue weighted by Crippen LogP contribution is 2.34. The Bertz CT molecular complexity index is 1060. The van der Waals surface area contributed by atoms with Gasteiger partial charge in [-0.3, -0.25) is 4.79 Å². The second-order valence-corrected chi connectivity index (χ2v) is 7.25. The fourth-order valence-corrected chi connectivity index (χ4v) is 3.33. The van der Waals surface area contributed by atoms with Crippen LogP contribution in [0.25, 0.3) is 0 Å². The van der Waals surface area contributed by atoms with E-state index in [0.717, 1.165) is 23.1 Å². The Kier molecular flexibility index (Phi) is 6.54. The van der Waals surface area contributed by atoms with Crippen LogP contribution in [0.4, 0.5) is 31.1 Å². The number of halogens is 7. The van der Waals surface area contributed by atoms with Crippen LogP contribution in [0.3, 0.4) is 0 Å². The van der Waals surface area contributed by atoms with E-state index in [9.17, 15) is 35.9 Å². The van der Waals surface area contributed by atoms with Gasteiger partial charge in [-0.25, -0.2) is 22.9 Å².